The Morgan fingerprint density at radius 3 is 1.71 bits per heavy atom. The third-order valence-corrected chi connectivity index (χ3v) is 19.6. The zero-order valence-corrected chi connectivity index (χ0v) is 58.9. The van der Waals surface area contributed by atoms with E-state index in [4.69, 9.17) is 61.6 Å². The molecule has 0 aliphatic carbocycles. The number of ether oxygens (including phenoxy) is 13. The number of benzene rings is 7. The van der Waals surface area contributed by atoms with E-state index in [-0.39, 0.29) is 103 Å². The summed E-state index contributed by atoms with van der Waals surface area (Å²) >= 11 is 0. The molecule has 3 saturated heterocycles. The lowest BCUT2D eigenvalue weighted by atomic mass is 9.90. The monoisotopic (exact) mass is 1420 g/mol. The standard InChI is InChI=1S/C81H86O21Si/c1-7-8-38-64-67(85)68(86)76(87)81(101-64,41-42-103(4,5)6)102-80-75(92-46-55-30-18-11-19-31-55)71(65(50-96-80)98-79-74(91-45-54-28-16-10-17-29-54)70(63(84)48-95-79)90-44-53-26-14-9-15-27-53)93-47-58-36-24-25-37-61(58)69-73(100-78(89)57-34-22-13-23-35-57)72(99-77(88)56-32-20-12-21-33-56)66(49-94-69)97-59-39-40-60(51(2)82)62(43-59)52(3)83/h7-40,43,49,63-65,67-68,70-72,74-76,79-80,84-87H,1,41-42,44-48,50H2,2-6H3/b38-8+/t63-,64?,65-,67-,68+,70+,71+,72+,74-,75-,76-,79+,80+,81+/m1/s1. The SMILES string of the molecule is C=C/C=C/C1O[C@@](CC[Si](C)(C)C)(O[C@@H]2OC[C@@H](O[C@@H]3OC[C@@H](O)[C@H](OCc4ccccc4)[C@H]3OCc3ccccc3)[C@H](OCc3ccccc3C3=C(OC(=O)c4ccccc4)[C@@H](OC(=O)c4ccccc4)C(Oc4ccc(C(C)=O)c(C(C)=O)c4)=CO3)[C@H]2OCc2ccccc2)[C@H](O)[C@@H](O)[C@@H]1O. The number of allylic oxidation sites excluding steroid dienone is 2. The molecule has 22 heteroatoms. The van der Waals surface area contributed by atoms with Crippen LogP contribution in [0.1, 0.15) is 89.5 Å². The molecule has 14 atom stereocenters. The normalized spacial score (nSPS) is 25.8. The number of rotatable bonds is 30. The molecule has 21 nitrogen and oxygen atoms in total. The Bertz CT molecular complexity index is 4090. The summed E-state index contributed by atoms with van der Waals surface area (Å²) in [5.41, 5.74) is 3.48. The summed E-state index contributed by atoms with van der Waals surface area (Å²) in [4.78, 5) is 54.8. The van der Waals surface area contributed by atoms with Crippen LogP contribution in [0.15, 0.2) is 237 Å². The summed E-state index contributed by atoms with van der Waals surface area (Å²) in [6.07, 6.45) is -12.3. The number of aliphatic hydroxyl groups is 4. The average molecular weight is 1420 g/mol. The minimum absolute atomic E-state index is 0.0278. The van der Waals surface area contributed by atoms with Crippen LogP contribution >= 0.6 is 0 Å². The number of esters is 2. The van der Waals surface area contributed by atoms with E-state index < -0.39 is 111 Å². The van der Waals surface area contributed by atoms with Crippen molar-refractivity contribution in [3.63, 3.8) is 0 Å². The van der Waals surface area contributed by atoms with Gasteiger partial charge in [-0.05, 0) is 78.6 Å². The molecule has 0 aromatic heterocycles. The van der Waals surface area contributed by atoms with E-state index in [0.29, 0.717) is 11.6 Å². The van der Waals surface area contributed by atoms with Crippen molar-refractivity contribution in [1.29, 1.82) is 0 Å². The summed E-state index contributed by atoms with van der Waals surface area (Å²) in [5.74, 6) is -5.21. The lowest BCUT2D eigenvalue weighted by Gasteiger charge is -2.52. The minimum atomic E-state index is -2.07. The van der Waals surface area contributed by atoms with Crippen LogP contribution < -0.4 is 4.74 Å². The summed E-state index contributed by atoms with van der Waals surface area (Å²) in [5, 5.41) is 47.5. The van der Waals surface area contributed by atoms with Crippen molar-refractivity contribution in [2.24, 2.45) is 0 Å². The van der Waals surface area contributed by atoms with E-state index in [1.807, 2.05) is 91.0 Å². The van der Waals surface area contributed by atoms with Gasteiger partial charge in [0, 0.05) is 31.2 Å². The van der Waals surface area contributed by atoms with Crippen LogP contribution in [0.4, 0.5) is 0 Å². The molecule has 4 heterocycles. The Labute approximate surface area is 599 Å². The van der Waals surface area contributed by atoms with Crippen molar-refractivity contribution in [3.05, 3.63) is 287 Å². The zero-order chi connectivity index (χ0) is 72.6. The van der Waals surface area contributed by atoms with Crippen LogP contribution in [0.25, 0.3) is 5.76 Å². The highest BCUT2D eigenvalue weighted by Crippen LogP contribution is 2.43. The molecule has 0 radical (unpaired) electrons. The van der Waals surface area contributed by atoms with Gasteiger partial charge >= 0.3 is 11.9 Å². The molecule has 0 spiro atoms. The number of carbonyl (C=O) groups excluding carboxylic acids is 4. The van der Waals surface area contributed by atoms with Gasteiger partial charge in [0.05, 0.1) is 50.8 Å². The molecule has 11 rings (SSSR count). The van der Waals surface area contributed by atoms with E-state index >= 15 is 0 Å². The number of hydrogen-bond acceptors (Lipinski definition) is 21. The smallest absolute Gasteiger partial charge is 0.343 e. The summed E-state index contributed by atoms with van der Waals surface area (Å²) in [6, 6.07) is 56.1. The van der Waals surface area contributed by atoms with Crippen LogP contribution in [0.2, 0.25) is 25.7 Å². The van der Waals surface area contributed by atoms with Gasteiger partial charge in [0.25, 0.3) is 0 Å². The van der Waals surface area contributed by atoms with Gasteiger partial charge in [-0.3, -0.25) is 9.59 Å². The Kier molecular flexibility index (Phi) is 25.6. The van der Waals surface area contributed by atoms with Crippen molar-refractivity contribution in [2.45, 2.75) is 158 Å². The molecule has 7 aromatic rings. The Hall–Kier alpha value is -8.92. The maximum Gasteiger partial charge on any atom is 0.343 e. The van der Waals surface area contributed by atoms with Crippen molar-refractivity contribution in [3.8, 4) is 5.75 Å². The summed E-state index contributed by atoms with van der Waals surface area (Å²) in [7, 11) is -2.05. The minimum Gasteiger partial charge on any atom is -0.457 e. The molecule has 0 bridgehead atoms. The Morgan fingerprint density at radius 2 is 1.13 bits per heavy atom. The van der Waals surface area contributed by atoms with Crippen molar-refractivity contribution in [2.75, 3.05) is 13.2 Å². The number of aliphatic hydroxyl groups excluding tert-OH is 4. The van der Waals surface area contributed by atoms with Crippen LogP contribution in [-0.2, 0) is 83.3 Å². The second kappa shape index (κ2) is 35.0. The largest absolute Gasteiger partial charge is 0.457 e. The van der Waals surface area contributed by atoms with Crippen molar-refractivity contribution in [1.82, 2.24) is 0 Å². The van der Waals surface area contributed by atoms with E-state index in [2.05, 4.69) is 26.2 Å². The first-order valence-corrected chi connectivity index (χ1v) is 37.9. The lowest BCUT2D eigenvalue weighted by molar-refractivity contribution is -0.419. The van der Waals surface area contributed by atoms with Crippen LogP contribution in [-0.4, -0.2) is 151 Å². The highest BCUT2D eigenvalue weighted by atomic mass is 28.3. The molecule has 4 aliphatic heterocycles. The third-order valence-electron chi connectivity index (χ3n) is 17.9. The molecule has 1 unspecified atom stereocenters. The molecule has 7 aromatic carbocycles. The van der Waals surface area contributed by atoms with E-state index in [9.17, 15) is 39.6 Å². The maximum atomic E-state index is 14.6. The fourth-order valence-corrected chi connectivity index (χ4v) is 13.5. The topological polar surface area (TPSA) is 269 Å². The predicted octanol–water partition coefficient (Wildman–Crippen LogP) is 11.6. The molecule has 0 amide bonds. The summed E-state index contributed by atoms with van der Waals surface area (Å²) < 4.78 is 87.8. The fourth-order valence-electron chi connectivity index (χ4n) is 12.4. The first-order valence-electron chi connectivity index (χ1n) is 34.2. The number of ketones is 2. The van der Waals surface area contributed by atoms with E-state index in [1.165, 1.54) is 50.5 Å². The highest BCUT2D eigenvalue weighted by Gasteiger charge is 2.58. The summed E-state index contributed by atoms with van der Waals surface area (Å²) in [6.45, 7) is 12.0. The van der Waals surface area contributed by atoms with Crippen molar-refractivity contribution < 1.29 is 101 Å². The van der Waals surface area contributed by atoms with Gasteiger partial charge in [-0.1, -0.05) is 202 Å². The van der Waals surface area contributed by atoms with Gasteiger partial charge in [0.2, 0.25) is 11.9 Å². The Morgan fingerprint density at radius 1 is 0.592 bits per heavy atom. The van der Waals surface area contributed by atoms with Gasteiger partial charge in [-0.2, -0.15) is 0 Å². The van der Waals surface area contributed by atoms with Crippen LogP contribution in [0.3, 0.4) is 0 Å². The van der Waals surface area contributed by atoms with Gasteiger partial charge in [0.15, 0.2) is 41.4 Å². The van der Waals surface area contributed by atoms with E-state index in [1.54, 1.807) is 91.0 Å². The average Bonchev–Trinajstić information content (AvgIpc) is 0.759. The molecule has 4 N–H and O–H groups in total. The second-order valence-electron chi connectivity index (χ2n) is 26.6. The lowest BCUT2D eigenvalue weighted by Crippen LogP contribution is -2.68. The molecular weight excluding hydrogens is 1340 g/mol. The van der Waals surface area contributed by atoms with Gasteiger partial charge in [0.1, 0.15) is 73.1 Å². The van der Waals surface area contributed by atoms with Gasteiger partial charge in [-0.25, -0.2) is 9.59 Å². The molecule has 540 valence electrons. The maximum absolute atomic E-state index is 14.6. The molecule has 3 fully saturated rings. The van der Waals surface area contributed by atoms with E-state index in [0.717, 1.165) is 16.7 Å². The molecule has 4 aliphatic rings. The zero-order valence-electron chi connectivity index (χ0n) is 57.9. The van der Waals surface area contributed by atoms with Crippen molar-refractivity contribution >= 4 is 37.3 Å². The molecular formula is C81H86O21Si. The van der Waals surface area contributed by atoms with Crippen LogP contribution in [0.5, 0.6) is 5.75 Å². The molecule has 103 heavy (non-hydrogen) atoms. The first kappa shape index (κ1) is 75.2. The van der Waals surface area contributed by atoms with Crippen LogP contribution in [0, 0.1) is 0 Å². The number of hydrogen-bond donors (Lipinski definition) is 4. The first-order chi connectivity index (χ1) is 49.8. The predicted molar refractivity (Wildman–Crippen MR) is 380 cm³/mol. The third kappa shape index (κ3) is 19.1. The van der Waals surface area contributed by atoms with Gasteiger partial charge in [-0.15, -0.1) is 0 Å². The fraction of sp³-hybridized carbons (Fsp3) is 0.333. The number of carbonyl (C=O) groups is 4. The highest BCUT2D eigenvalue weighted by molar-refractivity contribution is 6.76. The van der Waals surface area contributed by atoms with Gasteiger partial charge < -0.3 is 82.0 Å². The number of Topliss-reactive ketones (excluding diaryl/α,β-unsaturated/α-hetero) is 2. The Balaban J connectivity index is 1.03. The second-order valence-corrected chi connectivity index (χ2v) is 32.3. The quantitative estimate of drug-likeness (QED) is 0.0141. The molecule has 0 saturated carbocycles.